The number of nitrogens with one attached hydrogen (secondary N) is 1. The lowest BCUT2D eigenvalue weighted by Crippen LogP contribution is -1.99. The van der Waals surface area contributed by atoms with Gasteiger partial charge in [-0.05, 0) is 41.9 Å². The number of hydrogen-bond acceptors (Lipinski definition) is 5. The van der Waals surface area contributed by atoms with Crippen LogP contribution in [0.2, 0.25) is 10.0 Å². The van der Waals surface area contributed by atoms with E-state index in [4.69, 9.17) is 23.2 Å². The minimum absolute atomic E-state index is 0.242. The minimum atomic E-state index is -0.242. The second-order valence-electron chi connectivity index (χ2n) is 5.71. The molecule has 3 aromatic rings. The Morgan fingerprint density at radius 1 is 1.19 bits per heavy atom. The maximum atomic E-state index is 11.2. The molecule has 2 aromatic carbocycles. The Hall–Kier alpha value is -2.63. The van der Waals surface area contributed by atoms with E-state index in [0.29, 0.717) is 28.7 Å². The maximum absolute atomic E-state index is 11.2. The highest BCUT2D eigenvalue weighted by Crippen LogP contribution is 2.34. The van der Waals surface area contributed by atoms with Crippen molar-refractivity contribution in [2.75, 3.05) is 12.4 Å². The number of anilines is 1. The van der Waals surface area contributed by atoms with Crippen LogP contribution in [0, 0.1) is 0 Å². The summed E-state index contributed by atoms with van der Waals surface area (Å²) < 4.78 is 4.62. The Bertz CT molecular complexity index is 1000. The summed E-state index contributed by atoms with van der Waals surface area (Å²) in [5.74, 6) is 0.421. The van der Waals surface area contributed by atoms with Crippen molar-refractivity contribution in [1.82, 2.24) is 9.97 Å². The number of hydrogen-bond donors (Lipinski definition) is 1. The number of benzene rings is 2. The molecule has 0 amide bonds. The predicted octanol–water partition coefficient (Wildman–Crippen LogP) is 5.48. The molecule has 1 aromatic heterocycles. The van der Waals surface area contributed by atoms with Gasteiger partial charge in [0.15, 0.2) is 0 Å². The van der Waals surface area contributed by atoms with Crippen molar-refractivity contribution in [3.8, 4) is 11.1 Å². The van der Waals surface area contributed by atoms with E-state index in [0.717, 1.165) is 22.0 Å². The highest BCUT2D eigenvalue weighted by molar-refractivity contribution is 6.42. The lowest BCUT2D eigenvalue weighted by atomic mass is 10.0. The minimum Gasteiger partial charge on any atom is -0.469 e. The third kappa shape index (κ3) is 4.56. The third-order valence-corrected chi connectivity index (χ3v) is 4.71. The van der Waals surface area contributed by atoms with E-state index >= 15 is 0 Å². The van der Waals surface area contributed by atoms with Crippen LogP contribution in [0.3, 0.4) is 0 Å². The summed E-state index contributed by atoms with van der Waals surface area (Å²) in [7, 11) is 1.38. The molecule has 0 bridgehead atoms. The van der Waals surface area contributed by atoms with Crippen molar-refractivity contribution < 1.29 is 9.53 Å². The largest absolute Gasteiger partial charge is 0.469 e. The van der Waals surface area contributed by atoms with Crippen LogP contribution in [0.1, 0.15) is 12.8 Å². The molecule has 0 unspecified atom stereocenters. The van der Waals surface area contributed by atoms with Gasteiger partial charge in [-0.2, -0.15) is 0 Å². The fourth-order valence-corrected chi connectivity index (χ4v) is 2.95. The van der Waals surface area contributed by atoms with Crippen LogP contribution in [-0.4, -0.2) is 23.0 Å². The number of esters is 1. The number of halogens is 2. The summed E-state index contributed by atoms with van der Waals surface area (Å²) in [5, 5.41) is 5.03. The molecule has 3 rings (SSSR count). The van der Waals surface area contributed by atoms with Crippen molar-refractivity contribution in [2.45, 2.75) is 12.8 Å². The van der Waals surface area contributed by atoms with E-state index in [9.17, 15) is 4.79 Å². The zero-order valence-electron chi connectivity index (χ0n) is 14.6. The molecule has 27 heavy (non-hydrogen) atoms. The monoisotopic (exact) mass is 401 g/mol. The Balaban J connectivity index is 1.93. The number of aromatic nitrogens is 2. The van der Waals surface area contributed by atoms with Gasteiger partial charge in [-0.3, -0.25) is 4.79 Å². The molecule has 7 heteroatoms. The SMILES string of the molecule is COC(=O)CC/C=C/Nc1ncnc2cccc(-c3ccc(Cl)c(Cl)c3)c12. The smallest absolute Gasteiger partial charge is 0.305 e. The van der Waals surface area contributed by atoms with Gasteiger partial charge in [-0.25, -0.2) is 9.97 Å². The second kappa shape index (κ2) is 8.84. The second-order valence-corrected chi connectivity index (χ2v) is 6.53. The van der Waals surface area contributed by atoms with Crippen LogP contribution < -0.4 is 5.32 Å². The average molecular weight is 402 g/mol. The maximum Gasteiger partial charge on any atom is 0.305 e. The predicted molar refractivity (Wildman–Crippen MR) is 109 cm³/mol. The summed E-state index contributed by atoms with van der Waals surface area (Å²) in [5.41, 5.74) is 2.67. The van der Waals surface area contributed by atoms with Gasteiger partial charge in [0.2, 0.25) is 0 Å². The van der Waals surface area contributed by atoms with Crippen LogP contribution in [0.5, 0.6) is 0 Å². The molecule has 0 radical (unpaired) electrons. The lowest BCUT2D eigenvalue weighted by molar-refractivity contribution is -0.140. The van der Waals surface area contributed by atoms with Crippen LogP contribution in [0.25, 0.3) is 22.0 Å². The van der Waals surface area contributed by atoms with Crippen LogP contribution in [-0.2, 0) is 9.53 Å². The molecular weight excluding hydrogens is 385 g/mol. The van der Waals surface area contributed by atoms with Gasteiger partial charge in [0.25, 0.3) is 0 Å². The molecule has 0 aliphatic rings. The van der Waals surface area contributed by atoms with Crippen molar-refractivity contribution in [3.63, 3.8) is 0 Å². The van der Waals surface area contributed by atoms with Gasteiger partial charge in [0.1, 0.15) is 12.1 Å². The molecule has 0 fully saturated rings. The normalized spacial score (nSPS) is 11.1. The van der Waals surface area contributed by atoms with Gasteiger partial charge in [-0.15, -0.1) is 0 Å². The summed E-state index contributed by atoms with van der Waals surface area (Å²) in [6.45, 7) is 0. The van der Waals surface area contributed by atoms with Crippen molar-refractivity contribution in [3.05, 3.63) is 65.0 Å². The summed E-state index contributed by atoms with van der Waals surface area (Å²) in [4.78, 5) is 19.9. The third-order valence-electron chi connectivity index (χ3n) is 3.97. The van der Waals surface area contributed by atoms with Crippen molar-refractivity contribution >= 4 is 45.9 Å². The molecule has 138 valence electrons. The van der Waals surface area contributed by atoms with Crippen LogP contribution in [0.4, 0.5) is 5.82 Å². The number of rotatable bonds is 6. The Labute approximate surface area is 167 Å². The van der Waals surface area contributed by atoms with E-state index in [1.54, 1.807) is 12.3 Å². The molecular formula is C20H17Cl2N3O2. The fraction of sp³-hybridized carbons (Fsp3) is 0.150. The molecule has 0 aliphatic heterocycles. The summed E-state index contributed by atoms with van der Waals surface area (Å²) in [6, 6.07) is 11.3. The molecule has 0 spiro atoms. The summed E-state index contributed by atoms with van der Waals surface area (Å²) >= 11 is 12.2. The number of carbonyl (C=O) groups excluding carboxylic acids is 1. The quantitative estimate of drug-likeness (QED) is 0.553. The number of allylic oxidation sites excluding steroid dienone is 1. The highest BCUT2D eigenvalue weighted by Gasteiger charge is 2.11. The van der Waals surface area contributed by atoms with Gasteiger partial charge < -0.3 is 10.1 Å². The number of nitrogens with zero attached hydrogens (tertiary/aromatic N) is 2. The van der Waals surface area contributed by atoms with Gasteiger partial charge in [0.05, 0.1) is 28.1 Å². The molecule has 0 saturated carbocycles. The summed E-state index contributed by atoms with van der Waals surface area (Å²) in [6.07, 6.45) is 6.02. The average Bonchev–Trinajstić information content (AvgIpc) is 2.69. The van der Waals surface area contributed by atoms with Crippen molar-refractivity contribution in [1.29, 1.82) is 0 Å². The van der Waals surface area contributed by atoms with Crippen LogP contribution in [0.15, 0.2) is 55.0 Å². The van der Waals surface area contributed by atoms with Gasteiger partial charge >= 0.3 is 5.97 Å². The molecule has 0 aliphatic carbocycles. The fourth-order valence-electron chi connectivity index (χ4n) is 2.65. The number of fused-ring (bicyclic) bond motifs is 1. The highest BCUT2D eigenvalue weighted by atomic mass is 35.5. The zero-order chi connectivity index (χ0) is 19.2. The molecule has 0 saturated heterocycles. The first-order chi connectivity index (χ1) is 13.1. The Kier molecular flexibility index (Phi) is 6.27. The van der Waals surface area contributed by atoms with Gasteiger partial charge in [-0.1, -0.05) is 47.5 Å². The number of ether oxygens (including phenoxy) is 1. The zero-order valence-corrected chi connectivity index (χ0v) is 16.1. The van der Waals surface area contributed by atoms with E-state index in [1.807, 2.05) is 36.4 Å². The first-order valence-electron chi connectivity index (χ1n) is 8.27. The molecule has 1 N–H and O–H groups in total. The molecule has 5 nitrogen and oxygen atoms in total. The van der Waals surface area contributed by atoms with Crippen molar-refractivity contribution in [2.24, 2.45) is 0 Å². The Morgan fingerprint density at radius 3 is 2.81 bits per heavy atom. The Morgan fingerprint density at radius 2 is 2.04 bits per heavy atom. The van der Waals surface area contributed by atoms with Gasteiger partial charge in [0, 0.05) is 6.42 Å². The standard InChI is InChI=1S/C20H17Cl2N3O2/c1-27-18(26)7-2-3-10-23-20-19-14(5-4-6-17(19)24-12-25-20)13-8-9-15(21)16(22)11-13/h3-6,8-12H,2,7H2,1H3,(H,23,24,25)/b10-3+. The lowest BCUT2D eigenvalue weighted by Gasteiger charge is -2.11. The molecule has 1 heterocycles. The van der Waals surface area contributed by atoms with E-state index in [1.165, 1.54) is 13.4 Å². The van der Waals surface area contributed by atoms with E-state index in [-0.39, 0.29) is 5.97 Å². The molecule has 0 atom stereocenters. The number of carbonyl (C=O) groups is 1. The first-order valence-corrected chi connectivity index (χ1v) is 9.03. The van der Waals surface area contributed by atoms with E-state index < -0.39 is 0 Å². The topological polar surface area (TPSA) is 64.1 Å². The van der Waals surface area contributed by atoms with Crippen LogP contribution >= 0.6 is 23.2 Å². The van der Waals surface area contributed by atoms with E-state index in [2.05, 4.69) is 20.0 Å². The number of methoxy groups -OCH3 is 1. The first kappa shape index (κ1) is 19.1.